The van der Waals surface area contributed by atoms with Gasteiger partial charge in [-0.15, -0.1) is 0 Å². The molecule has 1 aliphatic heterocycles. The molecule has 2 N–H and O–H groups in total. The lowest BCUT2D eigenvalue weighted by atomic mass is 10.2. The highest BCUT2D eigenvalue weighted by molar-refractivity contribution is 8.14. The van der Waals surface area contributed by atoms with Crippen molar-refractivity contribution < 1.29 is 14.4 Å². The summed E-state index contributed by atoms with van der Waals surface area (Å²) in [5.41, 5.74) is 2.08. The molecule has 2 aromatic carbocycles. The lowest BCUT2D eigenvalue weighted by Gasteiger charge is -2.14. The highest BCUT2D eigenvalue weighted by Crippen LogP contribution is 2.32. The van der Waals surface area contributed by atoms with Gasteiger partial charge in [0.25, 0.3) is 5.72 Å². The van der Waals surface area contributed by atoms with Gasteiger partial charge in [0.1, 0.15) is 5.75 Å². The van der Waals surface area contributed by atoms with E-state index in [4.69, 9.17) is 4.74 Å². The van der Waals surface area contributed by atoms with Gasteiger partial charge in [0.05, 0.1) is 12.9 Å². The largest absolute Gasteiger partial charge is 0.497 e. The number of thioether (sulfide) groups is 1. The van der Waals surface area contributed by atoms with Gasteiger partial charge in [0.2, 0.25) is 10.7 Å². The number of nitrogens with zero attached hydrogens (tertiary/aromatic N) is 1. The van der Waals surface area contributed by atoms with Gasteiger partial charge in [-0.05, 0) is 43.0 Å². The average Bonchev–Trinajstić information content (AvgIpc) is 2.90. The predicted octanol–water partition coefficient (Wildman–Crippen LogP) is 4.21. The molecule has 0 aromatic heterocycles. The highest BCUT2D eigenvalue weighted by Gasteiger charge is 2.44. The van der Waals surface area contributed by atoms with Crippen LogP contribution in [0.1, 0.15) is 13.8 Å². The minimum atomic E-state index is -0.905. The van der Waals surface area contributed by atoms with Crippen molar-refractivity contribution >= 4 is 28.2 Å². The molecule has 0 saturated carbocycles. The van der Waals surface area contributed by atoms with Gasteiger partial charge in [-0.25, -0.2) is 0 Å². The van der Waals surface area contributed by atoms with Crippen LogP contribution in [0.3, 0.4) is 0 Å². The van der Waals surface area contributed by atoms with Crippen LogP contribution in [-0.2, 0) is 0 Å². The third-order valence-corrected chi connectivity index (χ3v) is 5.27. The fourth-order valence-corrected chi connectivity index (χ4v) is 4.03. The average molecular weight is 355 g/mol. The second-order valence-corrected chi connectivity index (χ2v) is 7.19. The van der Waals surface area contributed by atoms with Crippen LogP contribution in [0, 0.1) is 0 Å². The van der Waals surface area contributed by atoms with Gasteiger partial charge in [-0.1, -0.05) is 18.2 Å². The first-order valence-corrected chi connectivity index (χ1v) is 9.15. The maximum absolute atomic E-state index is 10.8. The SMILES string of the molecule is COc1ccc(N/C(C)=C\C2=[N+](c3ccccc3)[C@](C)(O)CS2)cc1. The van der Waals surface area contributed by atoms with Crippen LogP contribution in [-0.4, -0.2) is 33.3 Å². The van der Waals surface area contributed by atoms with Gasteiger partial charge < -0.3 is 15.2 Å². The smallest absolute Gasteiger partial charge is 0.278 e. The van der Waals surface area contributed by atoms with Crippen molar-refractivity contribution in [3.8, 4) is 5.75 Å². The number of rotatable bonds is 5. The number of anilines is 1. The van der Waals surface area contributed by atoms with E-state index in [1.54, 1.807) is 18.9 Å². The van der Waals surface area contributed by atoms with Crippen molar-refractivity contribution in [1.82, 2.24) is 0 Å². The molecule has 4 nitrogen and oxygen atoms in total. The summed E-state index contributed by atoms with van der Waals surface area (Å²) in [6.07, 6.45) is 2.07. The van der Waals surface area contributed by atoms with Crippen LogP contribution >= 0.6 is 11.8 Å². The van der Waals surface area contributed by atoms with Crippen LogP contribution in [0.4, 0.5) is 11.4 Å². The van der Waals surface area contributed by atoms with Gasteiger partial charge in [0.15, 0.2) is 0 Å². The molecule has 2 aromatic rings. The van der Waals surface area contributed by atoms with E-state index in [0.29, 0.717) is 5.75 Å². The lowest BCUT2D eigenvalue weighted by Crippen LogP contribution is -2.36. The van der Waals surface area contributed by atoms with Crippen molar-refractivity contribution in [2.45, 2.75) is 19.6 Å². The molecule has 0 aliphatic carbocycles. The molecule has 1 aliphatic rings. The summed E-state index contributed by atoms with van der Waals surface area (Å²) in [6, 6.07) is 17.8. The summed E-state index contributed by atoms with van der Waals surface area (Å²) in [5, 5.41) is 15.2. The normalized spacial score (nSPS) is 20.7. The summed E-state index contributed by atoms with van der Waals surface area (Å²) in [4.78, 5) is 0. The molecule has 3 rings (SSSR count). The first-order valence-electron chi connectivity index (χ1n) is 8.16. The molecule has 0 saturated heterocycles. The Hall–Kier alpha value is -2.24. The van der Waals surface area contributed by atoms with Crippen LogP contribution in [0.15, 0.2) is 66.4 Å². The molecular weight excluding hydrogens is 332 g/mol. The molecule has 0 unspecified atom stereocenters. The Morgan fingerprint density at radius 3 is 2.52 bits per heavy atom. The second-order valence-electron chi connectivity index (χ2n) is 6.20. The van der Waals surface area contributed by atoms with Crippen molar-refractivity contribution in [3.05, 3.63) is 66.4 Å². The molecule has 1 atom stereocenters. The Morgan fingerprint density at radius 1 is 1.20 bits per heavy atom. The summed E-state index contributed by atoms with van der Waals surface area (Å²) >= 11 is 1.65. The Labute approximate surface area is 152 Å². The fraction of sp³-hybridized carbons (Fsp3) is 0.250. The lowest BCUT2D eigenvalue weighted by molar-refractivity contribution is -0.574. The number of methoxy groups -OCH3 is 1. The number of para-hydroxylation sites is 1. The van der Waals surface area contributed by atoms with E-state index < -0.39 is 5.72 Å². The molecule has 25 heavy (non-hydrogen) atoms. The molecular formula is C20H23N2O2S+. The number of hydrogen-bond acceptors (Lipinski definition) is 4. The predicted molar refractivity (Wildman–Crippen MR) is 105 cm³/mol. The molecule has 0 amide bonds. The summed E-state index contributed by atoms with van der Waals surface area (Å²) < 4.78 is 7.17. The quantitative estimate of drug-likeness (QED) is 0.789. The van der Waals surface area contributed by atoms with Crippen LogP contribution < -0.4 is 10.1 Å². The summed E-state index contributed by atoms with van der Waals surface area (Å²) in [5.74, 6) is 1.46. The van der Waals surface area contributed by atoms with E-state index in [1.165, 1.54) is 0 Å². The monoisotopic (exact) mass is 355 g/mol. The molecule has 1 heterocycles. The van der Waals surface area contributed by atoms with E-state index in [1.807, 2.05) is 73.0 Å². The number of hydrogen-bond donors (Lipinski definition) is 2. The standard InChI is InChI=1S/C20H22N2O2S/c1-15(21-16-9-11-18(24-3)12-10-16)13-19-22(20(2,23)14-25-19)17-7-5-4-6-8-17/h4-13,23H,14H2,1-3H3/p+1/t20-/m1/s1. The molecule has 0 fully saturated rings. The maximum Gasteiger partial charge on any atom is 0.278 e. The van der Waals surface area contributed by atoms with Crippen LogP contribution in [0.25, 0.3) is 0 Å². The molecule has 130 valence electrons. The van der Waals surface area contributed by atoms with Crippen LogP contribution in [0.2, 0.25) is 0 Å². The zero-order chi connectivity index (χ0) is 17.9. The third kappa shape index (κ3) is 4.06. The number of allylic oxidation sites excluding steroid dienone is 1. The Morgan fingerprint density at radius 2 is 1.88 bits per heavy atom. The van der Waals surface area contributed by atoms with Gasteiger partial charge in [-0.3, -0.25) is 0 Å². The topological polar surface area (TPSA) is 44.5 Å². The summed E-state index contributed by atoms with van der Waals surface area (Å²) in [7, 11) is 1.66. The van der Waals surface area contributed by atoms with E-state index in [2.05, 4.69) is 11.4 Å². The van der Waals surface area contributed by atoms with Crippen molar-refractivity contribution in [2.24, 2.45) is 0 Å². The summed E-state index contributed by atoms with van der Waals surface area (Å²) in [6.45, 7) is 3.87. The number of nitrogens with one attached hydrogen (secondary N) is 1. The Bertz CT molecular complexity index is 796. The van der Waals surface area contributed by atoms with Gasteiger partial charge in [0, 0.05) is 36.5 Å². The minimum absolute atomic E-state index is 0.629. The zero-order valence-electron chi connectivity index (χ0n) is 14.7. The van der Waals surface area contributed by atoms with Crippen molar-refractivity contribution in [3.63, 3.8) is 0 Å². The van der Waals surface area contributed by atoms with Crippen LogP contribution in [0.5, 0.6) is 5.75 Å². The van der Waals surface area contributed by atoms with Gasteiger partial charge >= 0.3 is 0 Å². The number of aliphatic hydroxyl groups is 1. The molecule has 0 radical (unpaired) electrons. The van der Waals surface area contributed by atoms with E-state index in [-0.39, 0.29) is 0 Å². The maximum atomic E-state index is 10.8. The van der Waals surface area contributed by atoms with E-state index in [9.17, 15) is 5.11 Å². The number of benzene rings is 2. The first kappa shape index (κ1) is 17.6. The zero-order valence-corrected chi connectivity index (χ0v) is 15.5. The first-order chi connectivity index (χ1) is 12.0. The second kappa shape index (κ2) is 7.33. The molecule has 0 spiro atoms. The van der Waals surface area contributed by atoms with Crippen molar-refractivity contribution in [1.29, 1.82) is 0 Å². The Kier molecular flexibility index (Phi) is 5.16. The van der Waals surface area contributed by atoms with Gasteiger partial charge in [-0.2, -0.15) is 4.58 Å². The van der Waals surface area contributed by atoms with E-state index >= 15 is 0 Å². The number of ether oxygens (including phenoxy) is 1. The minimum Gasteiger partial charge on any atom is -0.497 e. The highest BCUT2D eigenvalue weighted by atomic mass is 32.2. The fourth-order valence-electron chi connectivity index (χ4n) is 2.79. The Balaban J connectivity index is 1.88. The molecule has 0 bridgehead atoms. The van der Waals surface area contributed by atoms with Crippen molar-refractivity contribution in [2.75, 3.05) is 18.2 Å². The third-order valence-electron chi connectivity index (χ3n) is 3.98. The van der Waals surface area contributed by atoms with E-state index in [0.717, 1.165) is 27.9 Å². The molecule has 5 heteroatoms.